The van der Waals surface area contributed by atoms with Crippen molar-refractivity contribution in [3.05, 3.63) is 0 Å². The molecule has 1 N–H and O–H groups in total. The molecule has 2 saturated heterocycles. The van der Waals surface area contributed by atoms with Crippen LogP contribution < -0.4 is 5.32 Å². The largest absolute Gasteiger partial charge is 0.381 e. The van der Waals surface area contributed by atoms with Crippen LogP contribution in [0.4, 0.5) is 0 Å². The SMILES string of the molecule is CNCC1CCCN(CC2CCOC2)C1. The minimum Gasteiger partial charge on any atom is -0.381 e. The fraction of sp³-hybridized carbons (Fsp3) is 1.00. The van der Waals surface area contributed by atoms with Crippen molar-refractivity contribution in [2.75, 3.05) is 46.4 Å². The molecular weight excluding hydrogens is 188 g/mol. The number of nitrogens with one attached hydrogen (secondary N) is 1. The minimum atomic E-state index is 0.804. The van der Waals surface area contributed by atoms with Crippen LogP contribution in [0.5, 0.6) is 0 Å². The Bertz CT molecular complexity index is 178. The summed E-state index contributed by atoms with van der Waals surface area (Å²) in [5.74, 6) is 1.67. The van der Waals surface area contributed by atoms with Gasteiger partial charge in [-0.2, -0.15) is 0 Å². The zero-order valence-corrected chi connectivity index (χ0v) is 9.87. The van der Waals surface area contributed by atoms with E-state index in [-0.39, 0.29) is 0 Å². The third kappa shape index (κ3) is 3.44. The Morgan fingerprint density at radius 2 is 2.27 bits per heavy atom. The van der Waals surface area contributed by atoms with Crippen LogP contribution in [0.25, 0.3) is 0 Å². The number of rotatable bonds is 4. The van der Waals surface area contributed by atoms with Gasteiger partial charge in [0, 0.05) is 19.7 Å². The molecule has 0 bridgehead atoms. The molecule has 2 atom stereocenters. The minimum absolute atomic E-state index is 0.804. The van der Waals surface area contributed by atoms with E-state index in [4.69, 9.17) is 4.74 Å². The molecule has 0 aliphatic carbocycles. The molecule has 15 heavy (non-hydrogen) atoms. The summed E-state index contributed by atoms with van der Waals surface area (Å²) in [4.78, 5) is 2.64. The van der Waals surface area contributed by atoms with E-state index in [0.717, 1.165) is 25.0 Å². The quantitative estimate of drug-likeness (QED) is 0.751. The predicted molar refractivity (Wildman–Crippen MR) is 62.0 cm³/mol. The normalized spacial score (nSPS) is 33.4. The maximum atomic E-state index is 5.43. The highest BCUT2D eigenvalue weighted by Gasteiger charge is 2.23. The van der Waals surface area contributed by atoms with Crippen LogP contribution in [0.2, 0.25) is 0 Å². The molecule has 2 aliphatic rings. The third-order valence-corrected chi connectivity index (χ3v) is 3.64. The molecule has 0 aromatic rings. The van der Waals surface area contributed by atoms with Gasteiger partial charge in [-0.25, -0.2) is 0 Å². The van der Waals surface area contributed by atoms with Gasteiger partial charge < -0.3 is 15.0 Å². The molecule has 0 aromatic heterocycles. The topological polar surface area (TPSA) is 24.5 Å². The maximum Gasteiger partial charge on any atom is 0.0507 e. The Morgan fingerprint density at radius 3 is 3.00 bits per heavy atom. The van der Waals surface area contributed by atoms with Gasteiger partial charge in [0.25, 0.3) is 0 Å². The second-order valence-corrected chi connectivity index (χ2v) is 5.06. The lowest BCUT2D eigenvalue weighted by Gasteiger charge is -2.34. The van der Waals surface area contributed by atoms with Gasteiger partial charge in [-0.3, -0.25) is 0 Å². The zero-order chi connectivity index (χ0) is 10.5. The first-order valence-electron chi connectivity index (χ1n) is 6.33. The van der Waals surface area contributed by atoms with Crippen molar-refractivity contribution in [3.63, 3.8) is 0 Å². The highest BCUT2D eigenvalue weighted by atomic mass is 16.5. The second-order valence-electron chi connectivity index (χ2n) is 5.06. The second kappa shape index (κ2) is 5.83. The Hall–Kier alpha value is -0.120. The van der Waals surface area contributed by atoms with Crippen molar-refractivity contribution in [2.24, 2.45) is 11.8 Å². The Balaban J connectivity index is 1.71. The summed E-state index contributed by atoms with van der Waals surface area (Å²) in [6, 6.07) is 0. The van der Waals surface area contributed by atoms with Gasteiger partial charge in [0.2, 0.25) is 0 Å². The maximum absolute atomic E-state index is 5.43. The summed E-state index contributed by atoms with van der Waals surface area (Å²) in [6.07, 6.45) is 4.05. The highest BCUT2D eigenvalue weighted by Crippen LogP contribution is 2.20. The average molecular weight is 212 g/mol. The van der Waals surface area contributed by atoms with Crippen molar-refractivity contribution in [2.45, 2.75) is 19.3 Å². The molecule has 2 aliphatic heterocycles. The molecule has 3 nitrogen and oxygen atoms in total. The zero-order valence-electron chi connectivity index (χ0n) is 9.87. The van der Waals surface area contributed by atoms with Gasteiger partial charge in [0.1, 0.15) is 0 Å². The molecule has 0 aromatic carbocycles. The lowest BCUT2D eigenvalue weighted by Crippen LogP contribution is -2.41. The molecule has 2 fully saturated rings. The number of hydrogen-bond donors (Lipinski definition) is 1. The molecular formula is C12H24N2O. The van der Waals surface area contributed by atoms with Crippen LogP contribution in [-0.2, 0) is 4.74 Å². The van der Waals surface area contributed by atoms with Crippen molar-refractivity contribution in [1.29, 1.82) is 0 Å². The van der Waals surface area contributed by atoms with E-state index >= 15 is 0 Å². The number of nitrogens with zero attached hydrogens (tertiary/aromatic N) is 1. The van der Waals surface area contributed by atoms with Gasteiger partial charge in [-0.1, -0.05) is 0 Å². The van der Waals surface area contributed by atoms with Crippen LogP contribution in [0.1, 0.15) is 19.3 Å². The van der Waals surface area contributed by atoms with Crippen LogP contribution in [0, 0.1) is 11.8 Å². The van der Waals surface area contributed by atoms with E-state index in [2.05, 4.69) is 17.3 Å². The van der Waals surface area contributed by atoms with Gasteiger partial charge in [-0.15, -0.1) is 0 Å². The molecule has 2 rings (SSSR count). The van der Waals surface area contributed by atoms with Crippen molar-refractivity contribution < 1.29 is 4.74 Å². The number of likely N-dealkylation sites (tertiary alicyclic amines) is 1. The van der Waals surface area contributed by atoms with E-state index in [9.17, 15) is 0 Å². The molecule has 0 spiro atoms. The molecule has 3 heteroatoms. The van der Waals surface area contributed by atoms with Gasteiger partial charge >= 0.3 is 0 Å². The Morgan fingerprint density at radius 1 is 1.33 bits per heavy atom. The Labute approximate surface area is 93.2 Å². The van der Waals surface area contributed by atoms with Crippen molar-refractivity contribution in [3.8, 4) is 0 Å². The number of piperidine rings is 1. The van der Waals surface area contributed by atoms with E-state index in [1.54, 1.807) is 0 Å². The van der Waals surface area contributed by atoms with Crippen LogP contribution in [-0.4, -0.2) is 51.3 Å². The monoisotopic (exact) mass is 212 g/mol. The summed E-state index contributed by atoms with van der Waals surface area (Å²) in [5, 5.41) is 3.30. The summed E-state index contributed by atoms with van der Waals surface area (Å²) in [5.41, 5.74) is 0. The van der Waals surface area contributed by atoms with Crippen molar-refractivity contribution in [1.82, 2.24) is 10.2 Å². The van der Waals surface area contributed by atoms with Gasteiger partial charge in [0.05, 0.1) is 6.61 Å². The molecule has 0 radical (unpaired) electrons. The first-order valence-corrected chi connectivity index (χ1v) is 6.33. The lowest BCUT2D eigenvalue weighted by atomic mass is 9.96. The molecule has 88 valence electrons. The Kier molecular flexibility index (Phi) is 4.42. The predicted octanol–water partition coefficient (Wildman–Crippen LogP) is 0.954. The van der Waals surface area contributed by atoms with E-state index < -0.39 is 0 Å². The van der Waals surface area contributed by atoms with Gasteiger partial charge in [-0.05, 0) is 51.2 Å². The smallest absolute Gasteiger partial charge is 0.0507 e. The number of hydrogen-bond acceptors (Lipinski definition) is 3. The van der Waals surface area contributed by atoms with Crippen LogP contribution >= 0.6 is 0 Å². The van der Waals surface area contributed by atoms with E-state index in [1.165, 1.54) is 45.4 Å². The number of ether oxygens (including phenoxy) is 1. The van der Waals surface area contributed by atoms with Gasteiger partial charge in [0.15, 0.2) is 0 Å². The van der Waals surface area contributed by atoms with Crippen molar-refractivity contribution >= 4 is 0 Å². The highest BCUT2D eigenvalue weighted by molar-refractivity contribution is 4.77. The molecule has 0 saturated carbocycles. The lowest BCUT2D eigenvalue weighted by molar-refractivity contribution is 0.134. The summed E-state index contributed by atoms with van der Waals surface area (Å²) < 4.78 is 5.43. The molecule has 2 heterocycles. The summed E-state index contributed by atoms with van der Waals surface area (Å²) >= 11 is 0. The molecule has 2 unspecified atom stereocenters. The first kappa shape index (κ1) is 11.4. The standard InChI is InChI=1S/C12H24N2O/c1-13-7-11-3-2-5-14(8-11)9-12-4-6-15-10-12/h11-13H,2-10H2,1H3. The van der Waals surface area contributed by atoms with E-state index in [1.807, 2.05) is 0 Å². The fourth-order valence-electron chi connectivity index (χ4n) is 2.86. The van der Waals surface area contributed by atoms with Crippen LogP contribution in [0.3, 0.4) is 0 Å². The van der Waals surface area contributed by atoms with E-state index in [0.29, 0.717) is 0 Å². The summed E-state index contributed by atoms with van der Waals surface area (Å²) in [7, 11) is 2.06. The average Bonchev–Trinajstić information content (AvgIpc) is 2.71. The van der Waals surface area contributed by atoms with Crippen LogP contribution in [0.15, 0.2) is 0 Å². The fourth-order valence-corrected chi connectivity index (χ4v) is 2.86. The third-order valence-electron chi connectivity index (χ3n) is 3.64. The summed E-state index contributed by atoms with van der Waals surface area (Å²) in [6.45, 7) is 7.01. The first-order chi connectivity index (χ1) is 7.38. The molecule has 0 amide bonds.